The van der Waals surface area contributed by atoms with Gasteiger partial charge in [-0.1, -0.05) is 13.2 Å². The normalized spacial score (nSPS) is 7.94. The minimum Gasteiger partial charge on any atom is -0.545 e. The van der Waals surface area contributed by atoms with E-state index >= 15 is 0 Å². The molecule has 0 amide bonds. The van der Waals surface area contributed by atoms with Gasteiger partial charge >= 0.3 is 5.97 Å². The molecular weight excluding hydrogens is 222 g/mol. The highest BCUT2D eigenvalue weighted by Crippen LogP contribution is 1.87. The molecule has 0 radical (unpaired) electrons. The van der Waals surface area contributed by atoms with Crippen molar-refractivity contribution in [3.8, 4) is 0 Å². The van der Waals surface area contributed by atoms with E-state index in [1.807, 2.05) is 0 Å². The van der Waals surface area contributed by atoms with E-state index in [0.29, 0.717) is 5.57 Å². The van der Waals surface area contributed by atoms with Crippen molar-refractivity contribution < 1.29 is 24.3 Å². The predicted molar refractivity (Wildman–Crippen MR) is 65.4 cm³/mol. The third kappa shape index (κ3) is 31.4. The average molecular weight is 245 g/mol. The third-order valence-corrected chi connectivity index (χ3v) is 0.882. The summed E-state index contributed by atoms with van der Waals surface area (Å²) in [6.45, 7) is 9.43. The molecule has 0 aromatic carbocycles. The lowest BCUT2D eigenvalue weighted by atomic mass is 10.4. The Morgan fingerprint density at radius 1 is 1.06 bits per heavy atom. The molecule has 100 valence electrons. The molecule has 0 aliphatic heterocycles. The summed E-state index contributed by atoms with van der Waals surface area (Å²) in [6.07, 6.45) is 0. The Kier molecular flexibility index (Phi) is 15.2. The fourth-order valence-electron chi connectivity index (χ4n) is 0.174. The summed E-state index contributed by atoms with van der Waals surface area (Å²) in [6, 6.07) is 0. The minimum absolute atomic E-state index is 0.0648. The van der Waals surface area contributed by atoms with E-state index in [9.17, 15) is 14.7 Å². The molecule has 0 saturated heterocycles. The summed E-state index contributed by atoms with van der Waals surface area (Å²) in [5.74, 6) is -1.53. The van der Waals surface area contributed by atoms with E-state index in [-0.39, 0.29) is 11.5 Å². The van der Waals surface area contributed by atoms with Crippen LogP contribution in [-0.4, -0.2) is 40.2 Å². The van der Waals surface area contributed by atoms with E-state index in [1.165, 1.54) is 18.9 Å². The number of nitrogens with one attached hydrogen (secondary N) is 1. The summed E-state index contributed by atoms with van der Waals surface area (Å²) in [4.78, 5) is 21.1. The van der Waals surface area contributed by atoms with Crippen molar-refractivity contribution in [1.82, 2.24) is 0 Å². The summed E-state index contributed by atoms with van der Waals surface area (Å²) < 4.78 is 4.27. The van der Waals surface area contributed by atoms with E-state index < -0.39 is 5.97 Å². The number of hydrogen-bond donors (Lipinski definition) is 1. The Morgan fingerprint density at radius 3 is 1.29 bits per heavy atom. The first-order valence-corrected chi connectivity index (χ1v) is 4.93. The van der Waals surface area contributed by atoms with E-state index in [2.05, 4.69) is 39.0 Å². The second-order valence-corrected chi connectivity index (χ2v) is 3.84. The number of carbonyl (C=O) groups is 2. The van der Waals surface area contributed by atoms with E-state index in [4.69, 9.17) is 0 Å². The lowest BCUT2D eigenvalue weighted by Crippen LogP contribution is -3.02. The van der Waals surface area contributed by atoms with Gasteiger partial charge in [0.2, 0.25) is 0 Å². The van der Waals surface area contributed by atoms with Gasteiger partial charge in [0.15, 0.2) is 0 Å². The first kappa shape index (κ1) is 20.8. The van der Waals surface area contributed by atoms with Gasteiger partial charge in [0.05, 0.1) is 34.2 Å². The van der Waals surface area contributed by atoms with Crippen LogP contribution in [0.4, 0.5) is 0 Å². The summed E-state index contributed by atoms with van der Waals surface area (Å²) >= 11 is 0. The van der Waals surface area contributed by atoms with Gasteiger partial charge in [-0.15, -0.1) is 0 Å². The summed E-state index contributed by atoms with van der Waals surface area (Å²) in [7, 11) is 7.58. The topological polar surface area (TPSA) is 70.9 Å². The Labute approximate surface area is 103 Å². The molecule has 0 aromatic heterocycles. The quantitative estimate of drug-likeness (QED) is 0.490. The number of aliphatic carboxylic acids is 1. The van der Waals surface area contributed by atoms with Crippen LogP contribution in [0.3, 0.4) is 0 Å². The molecule has 0 atom stereocenters. The van der Waals surface area contributed by atoms with Crippen molar-refractivity contribution in [2.75, 3.05) is 28.3 Å². The number of carboxylic acids is 1. The molecule has 0 fully saturated rings. The molecule has 0 spiro atoms. The van der Waals surface area contributed by atoms with Crippen LogP contribution in [0.2, 0.25) is 0 Å². The van der Waals surface area contributed by atoms with Crippen LogP contribution in [0.25, 0.3) is 0 Å². The molecule has 0 rings (SSSR count). The second-order valence-electron chi connectivity index (χ2n) is 3.84. The zero-order chi connectivity index (χ0) is 14.6. The van der Waals surface area contributed by atoms with Gasteiger partial charge < -0.3 is 19.5 Å². The number of esters is 1. The van der Waals surface area contributed by atoms with Crippen LogP contribution in [0.1, 0.15) is 13.8 Å². The lowest BCUT2D eigenvalue weighted by molar-refractivity contribution is -0.836. The van der Waals surface area contributed by atoms with Gasteiger partial charge in [-0.2, -0.15) is 0 Å². The van der Waals surface area contributed by atoms with Crippen LogP contribution in [0.5, 0.6) is 0 Å². The van der Waals surface area contributed by atoms with Crippen LogP contribution in [0, 0.1) is 0 Å². The molecule has 0 aromatic rings. The minimum atomic E-state index is -1.19. The molecular formula is C12H23NO4. The monoisotopic (exact) mass is 245 g/mol. The Balaban J connectivity index is -0.000000180. The Bertz CT molecular complexity index is 255. The average Bonchev–Trinajstić information content (AvgIpc) is 2.16. The fraction of sp³-hybridized carbons (Fsp3) is 0.500. The smallest absolute Gasteiger partial charge is 0.332 e. The number of ether oxygens (including phenoxy) is 1. The van der Waals surface area contributed by atoms with Gasteiger partial charge in [0, 0.05) is 5.57 Å². The van der Waals surface area contributed by atoms with Crippen LogP contribution >= 0.6 is 0 Å². The number of carboxylic acid groups (broad SMARTS) is 1. The summed E-state index contributed by atoms with van der Waals surface area (Å²) in [5.41, 5.74) is 0.498. The molecule has 17 heavy (non-hydrogen) atoms. The fourth-order valence-corrected chi connectivity index (χ4v) is 0.174. The molecule has 0 aliphatic rings. The number of rotatable bonds is 2. The van der Waals surface area contributed by atoms with E-state index in [0.717, 1.165) is 0 Å². The maximum absolute atomic E-state index is 10.2. The van der Waals surface area contributed by atoms with Gasteiger partial charge in [0.1, 0.15) is 0 Å². The maximum atomic E-state index is 10.2. The lowest BCUT2D eigenvalue weighted by Gasteiger charge is -1.93. The number of carbonyl (C=O) groups excluding carboxylic acids is 2. The largest absolute Gasteiger partial charge is 0.545 e. The first-order valence-electron chi connectivity index (χ1n) is 4.93. The highest BCUT2D eigenvalue weighted by atomic mass is 16.5. The molecule has 0 unspecified atom stereocenters. The van der Waals surface area contributed by atoms with Crippen molar-refractivity contribution in [2.24, 2.45) is 0 Å². The van der Waals surface area contributed by atoms with Gasteiger partial charge in [-0.05, 0) is 19.4 Å². The number of quaternary nitrogens is 1. The molecule has 0 heterocycles. The molecule has 1 N–H and O–H groups in total. The first-order chi connectivity index (χ1) is 7.56. The molecule has 5 nitrogen and oxygen atoms in total. The van der Waals surface area contributed by atoms with Crippen molar-refractivity contribution in [3.05, 3.63) is 24.3 Å². The summed E-state index contributed by atoms with van der Waals surface area (Å²) in [5, 5.41) is 9.49. The van der Waals surface area contributed by atoms with E-state index in [1.54, 1.807) is 6.92 Å². The molecule has 0 saturated carbocycles. The van der Waals surface area contributed by atoms with Gasteiger partial charge in [-0.25, -0.2) is 4.79 Å². The van der Waals surface area contributed by atoms with Crippen molar-refractivity contribution in [2.45, 2.75) is 13.8 Å². The third-order valence-electron chi connectivity index (χ3n) is 0.882. The molecule has 0 aliphatic carbocycles. The maximum Gasteiger partial charge on any atom is 0.332 e. The van der Waals surface area contributed by atoms with Crippen molar-refractivity contribution in [1.29, 1.82) is 0 Å². The van der Waals surface area contributed by atoms with Gasteiger partial charge in [-0.3, -0.25) is 0 Å². The molecule has 5 heteroatoms. The Morgan fingerprint density at radius 2 is 1.29 bits per heavy atom. The van der Waals surface area contributed by atoms with Gasteiger partial charge in [0.25, 0.3) is 0 Å². The van der Waals surface area contributed by atoms with Crippen LogP contribution in [-0.2, 0) is 14.3 Å². The second kappa shape index (κ2) is 12.4. The number of methoxy groups -OCH3 is 1. The van der Waals surface area contributed by atoms with Crippen LogP contribution < -0.4 is 10.0 Å². The zero-order valence-corrected chi connectivity index (χ0v) is 11.5. The highest BCUT2D eigenvalue weighted by molar-refractivity contribution is 5.86. The predicted octanol–water partition coefficient (Wildman–Crippen LogP) is -1.19. The van der Waals surface area contributed by atoms with Crippen LogP contribution in [0.15, 0.2) is 24.3 Å². The number of hydrogen-bond acceptors (Lipinski definition) is 4. The standard InChI is InChI=1S/C5H8O2.C4H6O2.C3H9N/c1-4(2)5(6)7-3;1-3(2)4(5)6;1-4(2)3/h1H2,2-3H3;1H2,2H3,(H,5,6);1-3H3. The van der Waals surface area contributed by atoms with Crippen molar-refractivity contribution >= 4 is 11.9 Å². The Hall–Kier alpha value is -1.62. The molecule has 0 bridgehead atoms. The zero-order valence-electron chi connectivity index (χ0n) is 11.5. The van der Waals surface area contributed by atoms with Crippen molar-refractivity contribution in [3.63, 3.8) is 0 Å². The SMILES string of the molecule is C=C(C)C(=O)OC.C=C(C)C(=O)[O-].C[NH+](C)C. The highest BCUT2D eigenvalue weighted by Gasteiger charge is 1.95.